The van der Waals surface area contributed by atoms with Gasteiger partial charge in [0.2, 0.25) is 5.95 Å². The normalized spacial score (nSPS) is 15.7. The first-order valence-electron chi connectivity index (χ1n) is 11.1. The summed E-state index contributed by atoms with van der Waals surface area (Å²) in [6.07, 6.45) is -0.940. The van der Waals surface area contributed by atoms with E-state index in [-0.39, 0.29) is 30.9 Å². The molecule has 4 rings (SSSR count). The molecule has 1 aromatic carbocycles. The molecule has 1 fully saturated rings. The van der Waals surface area contributed by atoms with Crippen molar-refractivity contribution in [3.8, 4) is 5.75 Å². The number of hydrogen-bond donors (Lipinski definition) is 2. The number of rotatable bonds is 8. The summed E-state index contributed by atoms with van der Waals surface area (Å²) in [5.74, 6) is 1.08. The molecule has 1 aliphatic heterocycles. The Morgan fingerprint density at radius 3 is 2.41 bits per heavy atom. The van der Waals surface area contributed by atoms with Crippen LogP contribution in [0.5, 0.6) is 5.75 Å². The van der Waals surface area contributed by atoms with Crippen LogP contribution < -0.4 is 20.9 Å². The number of benzene rings is 1. The quantitative estimate of drug-likeness (QED) is 0.438. The van der Waals surface area contributed by atoms with Crippen LogP contribution in [0.25, 0.3) is 11.2 Å². The minimum absolute atomic E-state index is 0.00287. The summed E-state index contributed by atoms with van der Waals surface area (Å²) in [6, 6.07) is 6.83. The number of anilines is 1. The van der Waals surface area contributed by atoms with E-state index in [1.54, 1.807) is 35.9 Å². The lowest BCUT2D eigenvalue weighted by Gasteiger charge is -2.35. The molecule has 0 spiro atoms. The summed E-state index contributed by atoms with van der Waals surface area (Å²) in [4.78, 5) is 34.4. The van der Waals surface area contributed by atoms with Gasteiger partial charge in [0.15, 0.2) is 11.2 Å². The molecule has 12 heteroatoms. The fourth-order valence-electron chi connectivity index (χ4n) is 4.15. The van der Waals surface area contributed by atoms with E-state index in [0.29, 0.717) is 36.4 Å². The fourth-order valence-corrected chi connectivity index (χ4v) is 4.27. The molecular weight excluding hydrogens is 464 g/mol. The van der Waals surface area contributed by atoms with Crippen LogP contribution in [-0.4, -0.2) is 85.8 Å². The number of halogens is 1. The summed E-state index contributed by atoms with van der Waals surface area (Å²) in [6.45, 7) is 3.47. The van der Waals surface area contributed by atoms with Crippen molar-refractivity contribution in [2.45, 2.75) is 12.6 Å². The summed E-state index contributed by atoms with van der Waals surface area (Å²) in [5, 5.41) is 20.6. The van der Waals surface area contributed by atoms with E-state index in [4.69, 9.17) is 16.3 Å². The molecule has 1 saturated heterocycles. The number of aliphatic hydroxyl groups is 2. The predicted octanol–water partition coefficient (Wildman–Crippen LogP) is -0.359. The predicted molar refractivity (Wildman–Crippen MR) is 129 cm³/mol. The highest BCUT2D eigenvalue weighted by Gasteiger charge is 2.26. The van der Waals surface area contributed by atoms with Crippen molar-refractivity contribution in [2.24, 2.45) is 14.1 Å². The first-order valence-corrected chi connectivity index (χ1v) is 11.5. The van der Waals surface area contributed by atoms with Gasteiger partial charge in [-0.1, -0.05) is 11.6 Å². The molecule has 0 bridgehead atoms. The molecule has 11 nitrogen and oxygen atoms in total. The zero-order valence-corrected chi connectivity index (χ0v) is 20.0. The van der Waals surface area contributed by atoms with Crippen molar-refractivity contribution in [3.63, 3.8) is 0 Å². The SMILES string of the molecule is Cn1c(=O)c2c(nc(N3CCN(CCO)CC3)n2C[C@H](O)COc2ccc(Cl)cc2)n(C)c1=O. The minimum atomic E-state index is -0.940. The van der Waals surface area contributed by atoms with Crippen molar-refractivity contribution in [1.29, 1.82) is 0 Å². The maximum atomic E-state index is 13.1. The van der Waals surface area contributed by atoms with Crippen LogP contribution in [0.4, 0.5) is 5.95 Å². The number of aliphatic hydroxyl groups excluding tert-OH is 2. The summed E-state index contributed by atoms with van der Waals surface area (Å²) in [5.41, 5.74) is -0.413. The number of imidazole rings is 1. The highest BCUT2D eigenvalue weighted by Crippen LogP contribution is 2.22. The molecule has 184 valence electrons. The van der Waals surface area contributed by atoms with E-state index in [9.17, 15) is 19.8 Å². The molecule has 3 aromatic rings. The number of hydrogen-bond acceptors (Lipinski definition) is 8. The Labute approximate surface area is 201 Å². The van der Waals surface area contributed by atoms with Gasteiger partial charge in [-0.2, -0.15) is 4.98 Å². The maximum absolute atomic E-state index is 13.1. The third-order valence-electron chi connectivity index (χ3n) is 6.05. The molecule has 1 aliphatic rings. The van der Waals surface area contributed by atoms with E-state index in [1.165, 1.54) is 11.6 Å². The molecule has 2 N–H and O–H groups in total. The lowest BCUT2D eigenvalue weighted by atomic mass is 10.3. The smallest absolute Gasteiger partial charge is 0.332 e. The van der Waals surface area contributed by atoms with E-state index in [1.807, 2.05) is 4.90 Å². The van der Waals surface area contributed by atoms with Crippen LogP contribution >= 0.6 is 11.6 Å². The monoisotopic (exact) mass is 492 g/mol. The van der Waals surface area contributed by atoms with Gasteiger partial charge in [0.05, 0.1) is 13.2 Å². The van der Waals surface area contributed by atoms with Gasteiger partial charge in [-0.3, -0.25) is 18.8 Å². The summed E-state index contributed by atoms with van der Waals surface area (Å²) >= 11 is 5.90. The van der Waals surface area contributed by atoms with E-state index in [2.05, 4.69) is 9.88 Å². The second-order valence-corrected chi connectivity index (χ2v) is 8.81. The van der Waals surface area contributed by atoms with Crippen LogP contribution in [0.3, 0.4) is 0 Å². The topological polar surface area (TPSA) is 118 Å². The molecule has 2 aromatic heterocycles. The zero-order valence-electron chi connectivity index (χ0n) is 19.2. The van der Waals surface area contributed by atoms with Crippen LogP contribution in [0.1, 0.15) is 0 Å². The second kappa shape index (κ2) is 10.2. The molecule has 0 radical (unpaired) electrons. The van der Waals surface area contributed by atoms with Gasteiger partial charge >= 0.3 is 5.69 Å². The number of β-amino-alcohol motifs (C(OH)–C–C–N with tert-alkyl or cyclic N) is 1. The Bertz CT molecular complexity index is 1260. The van der Waals surface area contributed by atoms with Crippen molar-refractivity contribution in [2.75, 3.05) is 50.8 Å². The first-order chi connectivity index (χ1) is 16.3. The van der Waals surface area contributed by atoms with Crippen molar-refractivity contribution in [1.82, 2.24) is 23.6 Å². The third-order valence-corrected chi connectivity index (χ3v) is 6.30. The molecule has 0 amide bonds. The van der Waals surface area contributed by atoms with Gasteiger partial charge in [-0.15, -0.1) is 0 Å². The molecular formula is C22H29ClN6O5. The molecule has 0 saturated carbocycles. The standard InChI is InChI=1S/C22H29ClN6O5/c1-25-19-18(20(32)26(2)22(25)33)29(13-16(31)14-34-17-5-3-15(23)4-6-17)21(24-19)28-9-7-27(8-10-28)11-12-30/h3-6,16,30-31H,7-14H2,1-2H3/t16-/m0/s1. The van der Waals surface area contributed by atoms with Crippen molar-refractivity contribution < 1.29 is 14.9 Å². The van der Waals surface area contributed by atoms with Gasteiger partial charge in [-0.05, 0) is 24.3 Å². The van der Waals surface area contributed by atoms with Gasteiger partial charge in [0, 0.05) is 51.8 Å². The molecule has 0 aliphatic carbocycles. The number of fused-ring (bicyclic) bond motifs is 1. The lowest BCUT2D eigenvalue weighted by molar-refractivity contribution is 0.0934. The number of ether oxygens (including phenoxy) is 1. The molecule has 3 heterocycles. The number of aryl methyl sites for hydroxylation is 1. The molecule has 1 atom stereocenters. The Morgan fingerprint density at radius 1 is 1.09 bits per heavy atom. The number of nitrogens with zero attached hydrogens (tertiary/aromatic N) is 6. The zero-order chi connectivity index (χ0) is 24.4. The van der Waals surface area contributed by atoms with Crippen LogP contribution in [0, 0.1) is 0 Å². The maximum Gasteiger partial charge on any atom is 0.332 e. The van der Waals surface area contributed by atoms with E-state index < -0.39 is 17.4 Å². The van der Waals surface area contributed by atoms with Gasteiger partial charge in [0.25, 0.3) is 5.56 Å². The number of piperazine rings is 1. The summed E-state index contributed by atoms with van der Waals surface area (Å²) in [7, 11) is 3.00. The fraction of sp³-hybridized carbons (Fsp3) is 0.500. The van der Waals surface area contributed by atoms with Gasteiger partial charge in [0.1, 0.15) is 18.5 Å². The first kappa shape index (κ1) is 24.3. The van der Waals surface area contributed by atoms with Crippen LogP contribution in [0.15, 0.2) is 33.9 Å². The van der Waals surface area contributed by atoms with Crippen molar-refractivity contribution >= 4 is 28.7 Å². The van der Waals surface area contributed by atoms with E-state index >= 15 is 0 Å². The second-order valence-electron chi connectivity index (χ2n) is 8.37. The van der Waals surface area contributed by atoms with Gasteiger partial charge < -0.3 is 24.4 Å². The van der Waals surface area contributed by atoms with E-state index in [0.717, 1.165) is 17.7 Å². The Balaban J connectivity index is 1.65. The Kier molecular flexibility index (Phi) is 7.27. The van der Waals surface area contributed by atoms with Crippen LogP contribution in [0.2, 0.25) is 5.02 Å². The highest BCUT2D eigenvalue weighted by atomic mass is 35.5. The minimum Gasteiger partial charge on any atom is -0.491 e. The third kappa shape index (κ3) is 4.83. The largest absolute Gasteiger partial charge is 0.491 e. The number of aromatic nitrogens is 4. The van der Waals surface area contributed by atoms with Gasteiger partial charge in [-0.25, -0.2) is 4.79 Å². The Hall–Kier alpha value is -2.86. The van der Waals surface area contributed by atoms with Crippen molar-refractivity contribution in [3.05, 3.63) is 50.1 Å². The highest BCUT2D eigenvalue weighted by molar-refractivity contribution is 6.30. The average molecular weight is 493 g/mol. The van der Waals surface area contributed by atoms with Crippen LogP contribution in [-0.2, 0) is 20.6 Å². The Morgan fingerprint density at radius 2 is 1.76 bits per heavy atom. The lowest BCUT2D eigenvalue weighted by Crippen LogP contribution is -2.48. The average Bonchev–Trinajstić information content (AvgIpc) is 3.21. The molecule has 0 unspecified atom stereocenters. The molecule has 34 heavy (non-hydrogen) atoms. The summed E-state index contributed by atoms with van der Waals surface area (Å²) < 4.78 is 9.74.